The summed E-state index contributed by atoms with van der Waals surface area (Å²) in [5.74, 6) is -1.84. The third-order valence-electron chi connectivity index (χ3n) is 6.70. The number of amides is 3. The molecule has 1 aliphatic heterocycles. The highest BCUT2D eigenvalue weighted by atomic mass is 32.2. The average Bonchev–Trinajstić information content (AvgIpc) is 3.01. The van der Waals surface area contributed by atoms with Gasteiger partial charge in [-0.25, -0.2) is 8.42 Å². The van der Waals surface area contributed by atoms with Crippen LogP contribution in [0.5, 0.6) is 0 Å². The summed E-state index contributed by atoms with van der Waals surface area (Å²) in [6, 6.07) is -3.43. The fourth-order valence-electron chi connectivity index (χ4n) is 4.63. The molecule has 1 heterocycles. The second-order valence-electron chi connectivity index (χ2n) is 10.8. The van der Waals surface area contributed by atoms with Crippen LogP contribution < -0.4 is 10.6 Å². The number of halogens is 3. The molecule has 3 amide bonds. The summed E-state index contributed by atoms with van der Waals surface area (Å²) < 4.78 is 61.6. The molecular weight excluding hydrogens is 475 g/mol. The van der Waals surface area contributed by atoms with Crippen LogP contribution in [-0.4, -0.2) is 73.9 Å². The highest BCUT2D eigenvalue weighted by Gasteiger charge is 2.69. The Morgan fingerprint density at radius 1 is 1.18 bits per heavy atom. The van der Waals surface area contributed by atoms with Gasteiger partial charge in [-0.3, -0.25) is 14.4 Å². The minimum atomic E-state index is -5.17. The second-order valence-corrected chi connectivity index (χ2v) is 13.1. The van der Waals surface area contributed by atoms with E-state index >= 15 is 0 Å². The summed E-state index contributed by atoms with van der Waals surface area (Å²) in [7, 11) is -3.32. The molecular formula is C22H32F3N3O5S. The van der Waals surface area contributed by atoms with Crippen molar-refractivity contribution in [3.63, 3.8) is 0 Å². The molecule has 0 aromatic heterocycles. The van der Waals surface area contributed by atoms with Gasteiger partial charge in [0.1, 0.15) is 21.9 Å². The predicted octanol–water partition coefficient (Wildman–Crippen LogP) is 1.12. The highest BCUT2D eigenvalue weighted by molar-refractivity contribution is 7.90. The van der Waals surface area contributed by atoms with Crippen molar-refractivity contribution < 1.29 is 36.0 Å². The van der Waals surface area contributed by atoms with Gasteiger partial charge in [0, 0.05) is 12.8 Å². The van der Waals surface area contributed by atoms with Crippen molar-refractivity contribution >= 4 is 27.6 Å². The van der Waals surface area contributed by atoms with Crippen molar-refractivity contribution in [2.24, 2.45) is 22.7 Å². The highest BCUT2D eigenvalue weighted by Crippen LogP contribution is 2.65. The normalized spacial score (nSPS) is 25.5. The Bertz CT molecular complexity index is 995. The maximum absolute atomic E-state index is 13.4. The van der Waals surface area contributed by atoms with Gasteiger partial charge in [-0.15, -0.1) is 6.42 Å². The third kappa shape index (κ3) is 6.03. The molecule has 1 saturated carbocycles. The SMILES string of the molecule is C#C[C@H](CCS(C)(=O)=O)NC(=O)[C@@H]1[C@@H]2[C@H](CN1C(=O)[C@@H](NC(=O)C(F)(F)F)C(C)(C)C)C2(C)C. The second kappa shape index (κ2) is 9.06. The quantitative estimate of drug-likeness (QED) is 0.502. The van der Waals surface area contributed by atoms with Gasteiger partial charge in [-0.2, -0.15) is 13.2 Å². The summed E-state index contributed by atoms with van der Waals surface area (Å²) in [5.41, 5.74) is -1.35. The van der Waals surface area contributed by atoms with Crippen molar-refractivity contribution in [1.82, 2.24) is 15.5 Å². The Morgan fingerprint density at radius 2 is 1.74 bits per heavy atom. The van der Waals surface area contributed by atoms with E-state index in [9.17, 15) is 36.0 Å². The molecule has 0 spiro atoms. The number of rotatable bonds is 7. The molecule has 2 aliphatic rings. The molecule has 5 atom stereocenters. The molecule has 0 unspecified atom stereocenters. The molecule has 0 bridgehead atoms. The fourth-order valence-corrected chi connectivity index (χ4v) is 5.29. The number of nitrogens with one attached hydrogen (secondary N) is 2. The summed E-state index contributed by atoms with van der Waals surface area (Å²) in [4.78, 5) is 39.4. The van der Waals surface area contributed by atoms with Gasteiger partial charge >= 0.3 is 12.1 Å². The maximum Gasteiger partial charge on any atom is 0.471 e. The fraction of sp³-hybridized carbons (Fsp3) is 0.773. The lowest BCUT2D eigenvalue weighted by Crippen LogP contribution is -2.61. The smallest absolute Gasteiger partial charge is 0.341 e. The van der Waals surface area contributed by atoms with Crippen LogP contribution in [0.2, 0.25) is 0 Å². The zero-order chi connectivity index (χ0) is 26.4. The number of carbonyl (C=O) groups excluding carboxylic acids is 3. The van der Waals surface area contributed by atoms with E-state index in [0.29, 0.717) is 0 Å². The van der Waals surface area contributed by atoms with Crippen molar-refractivity contribution in [3.05, 3.63) is 0 Å². The minimum absolute atomic E-state index is 0.0223. The standard InChI is InChI=1S/C22H32F3N3O5S/c1-8-12(9-10-34(7,32)33)26-17(29)15-14-13(21(14,5)6)11-28(15)18(30)16(20(2,3)4)27-19(31)22(23,24)25/h1,12-16H,9-11H2,2-7H3,(H,26,29)(H,27,31)/t12-,13+,14+,15+,16-/m1/s1. The largest absolute Gasteiger partial charge is 0.471 e. The van der Waals surface area contributed by atoms with Crippen LogP contribution in [0, 0.1) is 35.0 Å². The molecule has 34 heavy (non-hydrogen) atoms. The average molecular weight is 508 g/mol. The number of sulfone groups is 1. The first-order chi connectivity index (χ1) is 15.2. The number of fused-ring (bicyclic) bond motifs is 1. The Hall–Kier alpha value is -2.29. The lowest BCUT2D eigenvalue weighted by atomic mass is 9.85. The number of hydrogen-bond donors (Lipinski definition) is 2. The number of nitrogens with zero attached hydrogens (tertiary/aromatic N) is 1. The van der Waals surface area contributed by atoms with Gasteiger partial charge < -0.3 is 15.5 Å². The predicted molar refractivity (Wildman–Crippen MR) is 119 cm³/mol. The molecule has 12 heteroatoms. The van der Waals surface area contributed by atoms with E-state index in [1.54, 1.807) is 5.32 Å². The lowest BCUT2D eigenvalue weighted by Gasteiger charge is -2.37. The Balaban J connectivity index is 2.29. The minimum Gasteiger partial charge on any atom is -0.341 e. The summed E-state index contributed by atoms with van der Waals surface area (Å²) in [6.07, 6.45) is 1.30. The molecule has 192 valence electrons. The van der Waals surface area contributed by atoms with Crippen LogP contribution >= 0.6 is 0 Å². The van der Waals surface area contributed by atoms with Gasteiger partial charge in [-0.05, 0) is 29.1 Å². The van der Waals surface area contributed by atoms with E-state index in [-0.39, 0.29) is 36.0 Å². The molecule has 2 rings (SSSR count). The van der Waals surface area contributed by atoms with E-state index < -0.39 is 57.3 Å². The zero-order valence-electron chi connectivity index (χ0n) is 20.1. The van der Waals surface area contributed by atoms with Gasteiger partial charge in [0.25, 0.3) is 0 Å². The van der Waals surface area contributed by atoms with Crippen LogP contribution in [0.15, 0.2) is 0 Å². The van der Waals surface area contributed by atoms with Crippen LogP contribution in [0.1, 0.15) is 41.0 Å². The molecule has 8 nitrogen and oxygen atoms in total. The van der Waals surface area contributed by atoms with E-state index in [2.05, 4.69) is 11.2 Å². The topological polar surface area (TPSA) is 113 Å². The Kier molecular flexibility index (Phi) is 7.45. The molecule has 1 saturated heterocycles. The van der Waals surface area contributed by atoms with E-state index in [0.717, 1.165) is 6.26 Å². The zero-order valence-corrected chi connectivity index (χ0v) is 20.9. The van der Waals surface area contributed by atoms with Crippen LogP contribution in [0.4, 0.5) is 13.2 Å². The Labute approximate surface area is 198 Å². The van der Waals surface area contributed by atoms with Crippen LogP contribution in [-0.2, 0) is 24.2 Å². The monoisotopic (exact) mass is 507 g/mol. The van der Waals surface area contributed by atoms with E-state index in [4.69, 9.17) is 6.42 Å². The molecule has 0 radical (unpaired) electrons. The number of alkyl halides is 3. The molecule has 2 N–H and O–H groups in total. The number of terminal acetylenes is 1. The van der Waals surface area contributed by atoms with Crippen LogP contribution in [0.3, 0.4) is 0 Å². The number of hydrogen-bond acceptors (Lipinski definition) is 5. The van der Waals surface area contributed by atoms with Crippen molar-refractivity contribution in [3.8, 4) is 12.3 Å². The number of likely N-dealkylation sites (tertiary alicyclic amines) is 1. The molecule has 0 aromatic rings. The lowest BCUT2D eigenvalue weighted by molar-refractivity contribution is -0.176. The number of carbonyl (C=O) groups is 3. The van der Waals surface area contributed by atoms with Gasteiger partial charge in [0.2, 0.25) is 11.8 Å². The maximum atomic E-state index is 13.4. The van der Waals surface area contributed by atoms with E-state index in [1.807, 2.05) is 13.8 Å². The first-order valence-electron chi connectivity index (χ1n) is 10.8. The van der Waals surface area contributed by atoms with Crippen LogP contribution in [0.25, 0.3) is 0 Å². The summed E-state index contributed by atoms with van der Waals surface area (Å²) in [6.45, 7) is 8.55. The molecule has 0 aromatic carbocycles. The van der Waals surface area contributed by atoms with Crippen molar-refractivity contribution in [1.29, 1.82) is 0 Å². The van der Waals surface area contributed by atoms with Crippen molar-refractivity contribution in [2.75, 3.05) is 18.6 Å². The number of piperidine rings is 1. The Morgan fingerprint density at radius 3 is 2.18 bits per heavy atom. The first kappa shape index (κ1) is 28.0. The molecule has 1 aliphatic carbocycles. The molecule has 2 fully saturated rings. The van der Waals surface area contributed by atoms with Gasteiger partial charge in [-0.1, -0.05) is 40.5 Å². The van der Waals surface area contributed by atoms with E-state index in [1.165, 1.54) is 25.7 Å². The summed E-state index contributed by atoms with van der Waals surface area (Å²) in [5, 5.41) is 4.39. The first-order valence-corrected chi connectivity index (χ1v) is 12.9. The van der Waals surface area contributed by atoms with Gasteiger partial charge in [0.15, 0.2) is 0 Å². The van der Waals surface area contributed by atoms with Gasteiger partial charge in [0.05, 0.1) is 11.8 Å². The van der Waals surface area contributed by atoms with Crippen molar-refractivity contribution in [2.45, 2.75) is 65.3 Å². The summed E-state index contributed by atoms with van der Waals surface area (Å²) >= 11 is 0. The third-order valence-corrected chi connectivity index (χ3v) is 7.68.